The molecule has 1 aliphatic rings. The van der Waals surface area contributed by atoms with Crippen LogP contribution >= 0.6 is 0 Å². The van der Waals surface area contributed by atoms with Crippen molar-refractivity contribution in [2.75, 3.05) is 59.4 Å². The summed E-state index contributed by atoms with van der Waals surface area (Å²) in [5.74, 6) is 1.18. The van der Waals surface area contributed by atoms with Crippen LogP contribution in [-0.2, 0) is 0 Å². The Kier molecular flexibility index (Phi) is 7.65. The van der Waals surface area contributed by atoms with Crippen molar-refractivity contribution in [1.29, 1.82) is 0 Å². The lowest BCUT2D eigenvalue weighted by molar-refractivity contribution is 0.262. The Morgan fingerprint density at radius 3 is 2.21 bits per heavy atom. The van der Waals surface area contributed by atoms with Crippen molar-refractivity contribution in [3.8, 4) is 0 Å². The highest BCUT2D eigenvalue weighted by Crippen LogP contribution is 2.24. The van der Waals surface area contributed by atoms with E-state index in [1.165, 1.54) is 5.69 Å². The zero-order chi connectivity index (χ0) is 26.3. The SMILES string of the molecule is Cc1cnc(Nc2ccc(N3CCN(C)CC3)cc2)nc1Nc1cccc(NC(=O)Nc2ccccc2)c1. The van der Waals surface area contributed by atoms with Gasteiger partial charge in [0, 0.05) is 66.4 Å². The number of nitrogens with zero attached hydrogens (tertiary/aromatic N) is 4. The number of aromatic nitrogens is 2. The van der Waals surface area contributed by atoms with E-state index >= 15 is 0 Å². The van der Waals surface area contributed by atoms with Gasteiger partial charge in [0.15, 0.2) is 0 Å². The van der Waals surface area contributed by atoms with E-state index in [1.54, 1.807) is 6.20 Å². The highest BCUT2D eigenvalue weighted by Gasteiger charge is 2.14. The van der Waals surface area contributed by atoms with Crippen LogP contribution in [0.25, 0.3) is 0 Å². The Morgan fingerprint density at radius 1 is 0.763 bits per heavy atom. The summed E-state index contributed by atoms with van der Waals surface area (Å²) < 4.78 is 0. The molecule has 1 saturated heterocycles. The zero-order valence-corrected chi connectivity index (χ0v) is 21.6. The van der Waals surface area contributed by atoms with Gasteiger partial charge in [0.25, 0.3) is 0 Å². The Bertz CT molecular complexity index is 1370. The third-order valence-electron chi connectivity index (χ3n) is 6.38. The number of carbonyl (C=O) groups is 1. The number of hydrogen-bond acceptors (Lipinski definition) is 7. The number of hydrogen-bond donors (Lipinski definition) is 4. The fraction of sp³-hybridized carbons (Fsp3) is 0.207. The smallest absolute Gasteiger partial charge is 0.323 e. The molecule has 2 heterocycles. The molecule has 9 heteroatoms. The predicted molar refractivity (Wildman–Crippen MR) is 155 cm³/mol. The molecule has 2 amide bonds. The number of likely N-dealkylation sites (N-methyl/N-ethyl adjacent to an activating group) is 1. The largest absolute Gasteiger partial charge is 0.369 e. The van der Waals surface area contributed by atoms with Crippen molar-refractivity contribution in [3.05, 3.63) is 90.6 Å². The normalized spacial score (nSPS) is 13.6. The zero-order valence-electron chi connectivity index (χ0n) is 21.6. The first kappa shape index (κ1) is 25.0. The number of anilines is 7. The number of para-hydroxylation sites is 1. The number of nitrogens with one attached hydrogen (secondary N) is 4. The van der Waals surface area contributed by atoms with Crippen LogP contribution in [0.15, 0.2) is 85.1 Å². The maximum atomic E-state index is 12.4. The number of aryl methyl sites for hydroxylation is 1. The monoisotopic (exact) mass is 508 g/mol. The molecule has 194 valence electrons. The van der Waals surface area contributed by atoms with E-state index in [2.05, 4.69) is 72.3 Å². The van der Waals surface area contributed by atoms with Crippen molar-refractivity contribution >= 4 is 46.2 Å². The Morgan fingerprint density at radius 2 is 1.45 bits per heavy atom. The molecular weight excluding hydrogens is 476 g/mol. The second kappa shape index (κ2) is 11.6. The van der Waals surface area contributed by atoms with Gasteiger partial charge in [-0.25, -0.2) is 9.78 Å². The van der Waals surface area contributed by atoms with Gasteiger partial charge >= 0.3 is 6.03 Å². The van der Waals surface area contributed by atoms with Crippen LogP contribution in [0.4, 0.5) is 45.0 Å². The fourth-order valence-electron chi connectivity index (χ4n) is 4.20. The number of amides is 2. The number of rotatable bonds is 7. The Labute approximate surface area is 222 Å². The van der Waals surface area contributed by atoms with E-state index in [9.17, 15) is 4.79 Å². The molecule has 3 aromatic carbocycles. The first-order valence-corrected chi connectivity index (χ1v) is 12.7. The highest BCUT2D eigenvalue weighted by atomic mass is 16.2. The first-order valence-electron chi connectivity index (χ1n) is 12.7. The minimum atomic E-state index is -0.309. The summed E-state index contributed by atoms with van der Waals surface area (Å²) in [5, 5.41) is 12.3. The molecule has 0 atom stereocenters. The van der Waals surface area contributed by atoms with Gasteiger partial charge < -0.3 is 31.1 Å². The van der Waals surface area contributed by atoms with Crippen molar-refractivity contribution in [1.82, 2.24) is 14.9 Å². The molecule has 4 aromatic rings. The van der Waals surface area contributed by atoms with Gasteiger partial charge in [-0.1, -0.05) is 24.3 Å². The molecule has 0 unspecified atom stereocenters. The van der Waals surface area contributed by atoms with Gasteiger partial charge in [0.1, 0.15) is 5.82 Å². The van der Waals surface area contributed by atoms with Crippen LogP contribution in [0.5, 0.6) is 0 Å². The minimum absolute atomic E-state index is 0.309. The highest BCUT2D eigenvalue weighted by molar-refractivity contribution is 6.00. The number of benzene rings is 3. The third kappa shape index (κ3) is 6.57. The van der Waals surface area contributed by atoms with E-state index in [-0.39, 0.29) is 6.03 Å². The maximum absolute atomic E-state index is 12.4. The lowest BCUT2D eigenvalue weighted by Gasteiger charge is -2.34. The lowest BCUT2D eigenvalue weighted by atomic mass is 10.2. The summed E-state index contributed by atoms with van der Waals surface area (Å²) in [7, 11) is 2.16. The molecule has 9 nitrogen and oxygen atoms in total. The molecule has 0 saturated carbocycles. The molecule has 38 heavy (non-hydrogen) atoms. The minimum Gasteiger partial charge on any atom is -0.369 e. The van der Waals surface area contributed by atoms with E-state index in [4.69, 9.17) is 0 Å². The average Bonchev–Trinajstić information content (AvgIpc) is 2.92. The van der Waals surface area contributed by atoms with Gasteiger partial charge in [-0.2, -0.15) is 4.98 Å². The van der Waals surface area contributed by atoms with Crippen LogP contribution in [0.3, 0.4) is 0 Å². The maximum Gasteiger partial charge on any atom is 0.323 e. The third-order valence-corrected chi connectivity index (χ3v) is 6.38. The standard InChI is InChI=1S/C29H32N8O/c1-21-20-30-28(32-23-11-13-26(14-12-23)37-17-15-36(2)16-18-37)35-27(21)31-24-9-6-10-25(19-24)34-29(38)33-22-7-4-3-5-8-22/h3-14,19-20H,15-18H2,1-2H3,(H2,33,34,38)(H2,30,31,32,35). The van der Waals surface area contributed by atoms with Crippen molar-refractivity contribution in [2.24, 2.45) is 0 Å². The summed E-state index contributed by atoms with van der Waals surface area (Å²) >= 11 is 0. The molecule has 0 aliphatic carbocycles. The summed E-state index contributed by atoms with van der Waals surface area (Å²) in [6.07, 6.45) is 1.78. The fourth-order valence-corrected chi connectivity index (χ4v) is 4.20. The Hall–Kier alpha value is -4.63. The van der Waals surface area contributed by atoms with Crippen LogP contribution < -0.4 is 26.2 Å². The first-order chi connectivity index (χ1) is 18.5. The quantitative estimate of drug-likeness (QED) is 0.255. The van der Waals surface area contributed by atoms with Gasteiger partial charge in [-0.3, -0.25) is 0 Å². The molecule has 0 radical (unpaired) electrons. The molecule has 0 spiro atoms. The summed E-state index contributed by atoms with van der Waals surface area (Å²) in [4.78, 5) is 26.3. The summed E-state index contributed by atoms with van der Waals surface area (Å²) in [6, 6.07) is 24.9. The molecule has 1 fully saturated rings. The molecule has 4 N–H and O–H groups in total. The van der Waals surface area contributed by atoms with Gasteiger partial charge in [0.2, 0.25) is 5.95 Å². The summed E-state index contributed by atoms with van der Waals surface area (Å²) in [5.41, 5.74) is 5.24. The second-order valence-corrected chi connectivity index (χ2v) is 9.34. The summed E-state index contributed by atoms with van der Waals surface area (Å²) in [6.45, 7) is 6.17. The van der Waals surface area contributed by atoms with Crippen LogP contribution in [0, 0.1) is 6.92 Å². The number of urea groups is 1. The lowest BCUT2D eigenvalue weighted by Crippen LogP contribution is -2.44. The topological polar surface area (TPSA) is 97.5 Å². The molecule has 5 rings (SSSR count). The van der Waals surface area contributed by atoms with Gasteiger partial charge in [-0.05, 0) is 68.6 Å². The van der Waals surface area contributed by atoms with Gasteiger partial charge in [0.05, 0.1) is 0 Å². The van der Waals surface area contributed by atoms with E-state index in [0.717, 1.165) is 48.8 Å². The second-order valence-electron chi connectivity index (χ2n) is 9.34. The molecule has 1 aliphatic heterocycles. The van der Waals surface area contributed by atoms with Crippen LogP contribution in [-0.4, -0.2) is 54.1 Å². The number of piperazine rings is 1. The van der Waals surface area contributed by atoms with Gasteiger partial charge in [-0.15, -0.1) is 0 Å². The molecule has 1 aromatic heterocycles. The Balaban J connectivity index is 1.22. The average molecular weight is 509 g/mol. The van der Waals surface area contributed by atoms with Crippen LogP contribution in [0.2, 0.25) is 0 Å². The molecule has 0 bridgehead atoms. The van der Waals surface area contributed by atoms with E-state index in [0.29, 0.717) is 17.5 Å². The number of carbonyl (C=O) groups excluding carboxylic acids is 1. The van der Waals surface area contributed by atoms with Crippen molar-refractivity contribution < 1.29 is 4.79 Å². The predicted octanol–water partition coefficient (Wildman–Crippen LogP) is 5.67. The van der Waals surface area contributed by atoms with Crippen molar-refractivity contribution in [2.45, 2.75) is 6.92 Å². The van der Waals surface area contributed by atoms with E-state index in [1.807, 2.05) is 61.5 Å². The van der Waals surface area contributed by atoms with Crippen molar-refractivity contribution in [3.63, 3.8) is 0 Å². The van der Waals surface area contributed by atoms with Crippen LogP contribution in [0.1, 0.15) is 5.56 Å². The van der Waals surface area contributed by atoms with E-state index < -0.39 is 0 Å². The molecular formula is C29H32N8O.